The molecule has 1 amide bonds. The number of fused-ring (bicyclic) bond motifs is 2. The van der Waals surface area contributed by atoms with Crippen LogP contribution < -0.4 is 4.74 Å². The minimum atomic E-state index is -0.154. The maximum absolute atomic E-state index is 13.4. The lowest BCUT2D eigenvalue weighted by Gasteiger charge is -2.34. The van der Waals surface area contributed by atoms with Crippen molar-refractivity contribution in [3.05, 3.63) is 36.0 Å². The number of ether oxygens (including phenoxy) is 1. The highest BCUT2D eigenvalue weighted by atomic mass is 16.5. The number of nitrogens with one attached hydrogen (secondary N) is 1. The van der Waals surface area contributed by atoms with E-state index in [2.05, 4.69) is 17.1 Å². The van der Waals surface area contributed by atoms with Crippen LogP contribution in [0.4, 0.5) is 0 Å². The lowest BCUT2D eigenvalue weighted by molar-refractivity contribution is 0.0557. The van der Waals surface area contributed by atoms with E-state index in [-0.39, 0.29) is 30.0 Å². The maximum atomic E-state index is 13.4. The van der Waals surface area contributed by atoms with E-state index in [4.69, 9.17) is 4.74 Å². The van der Waals surface area contributed by atoms with Crippen molar-refractivity contribution in [1.29, 1.82) is 0 Å². The van der Waals surface area contributed by atoms with Crippen LogP contribution in [0.3, 0.4) is 0 Å². The van der Waals surface area contributed by atoms with Crippen molar-refractivity contribution in [2.24, 2.45) is 5.41 Å². The first-order valence-corrected chi connectivity index (χ1v) is 9.25. The summed E-state index contributed by atoms with van der Waals surface area (Å²) in [5, 5.41) is 17.1. The molecule has 4 rings (SSSR count). The summed E-state index contributed by atoms with van der Waals surface area (Å²) < 4.78 is 5.30. The molecule has 2 aliphatic heterocycles. The number of methoxy groups -OCH3 is 1. The van der Waals surface area contributed by atoms with Crippen molar-refractivity contribution in [2.75, 3.05) is 13.7 Å². The fraction of sp³-hybridized carbons (Fsp3) is 0.500. The minimum absolute atomic E-state index is 0.00726. The molecule has 2 aromatic rings. The summed E-state index contributed by atoms with van der Waals surface area (Å²) in [6.45, 7) is 2.25. The maximum Gasteiger partial charge on any atom is 0.258 e. The zero-order valence-corrected chi connectivity index (χ0v) is 15.2. The van der Waals surface area contributed by atoms with Crippen LogP contribution in [0, 0.1) is 5.41 Å². The predicted octanol–water partition coefficient (Wildman–Crippen LogP) is 2.85. The molecule has 6 nitrogen and oxygen atoms in total. The molecule has 3 atom stereocenters. The van der Waals surface area contributed by atoms with E-state index in [1.165, 1.54) is 0 Å². The zero-order chi connectivity index (χ0) is 18.3. The first-order valence-electron chi connectivity index (χ1n) is 9.25. The molecule has 2 N–H and O–H groups in total. The third-order valence-electron chi connectivity index (χ3n) is 6.33. The summed E-state index contributed by atoms with van der Waals surface area (Å²) in [6.07, 6.45) is 5.38. The van der Waals surface area contributed by atoms with Crippen LogP contribution in [0.1, 0.15) is 43.0 Å². The van der Waals surface area contributed by atoms with Gasteiger partial charge in [-0.05, 0) is 37.8 Å². The molecule has 26 heavy (non-hydrogen) atoms. The summed E-state index contributed by atoms with van der Waals surface area (Å²) in [6, 6.07) is 7.94. The number of carbonyl (C=O) groups excluding carboxylic acids is 1. The number of benzene rings is 1. The Morgan fingerprint density at radius 2 is 2.31 bits per heavy atom. The van der Waals surface area contributed by atoms with Crippen molar-refractivity contribution in [3.63, 3.8) is 0 Å². The first kappa shape index (κ1) is 17.1. The van der Waals surface area contributed by atoms with Gasteiger partial charge in [0, 0.05) is 23.1 Å². The smallest absolute Gasteiger partial charge is 0.258 e. The monoisotopic (exact) mass is 355 g/mol. The van der Waals surface area contributed by atoms with Gasteiger partial charge in [-0.25, -0.2) is 0 Å². The van der Waals surface area contributed by atoms with Gasteiger partial charge < -0.3 is 14.7 Å². The van der Waals surface area contributed by atoms with Crippen LogP contribution >= 0.6 is 0 Å². The number of aliphatic hydroxyl groups excluding tert-OH is 1. The lowest BCUT2D eigenvalue weighted by Crippen LogP contribution is -2.42. The van der Waals surface area contributed by atoms with Gasteiger partial charge in [-0.1, -0.05) is 19.1 Å². The van der Waals surface area contributed by atoms with E-state index in [1.54, 1.807) is 13.3 Å². The molecule has 138 valence electrons. The normalized spacial score (nSPS) is 27.1. The van der Waals surface area contributed by atoms with Crippen LogP contribution in [0.15, 0.2) is 30.5 Å². The van der Waals surface area contributed by atoms with Gasteiger partial charge in [0.1, 0.15) is 5.75 Å². The van der Waals surface area contributed by atoms with E-state index in [1.807, 2.05) is 29.2 Å². The number of rotatable bonds is 5. The van der Waals surface area contributed by atoms with Crippen molar-refractivity contribution in [1.82, 2.24) is 15.1 Å². The molecule has 2 saturated heterocycles. The highest BCUT2D eigenvalue weighted by Gasteiger charge is 2.56. The molecule has 1 aromatic carbocycles. The van der Waals surface area contributed by atoms with Crippen LogP contribution in [0.25, 0.3) is 11.3 Å². The van der Waals surface area contributed by atoms with Gasteiger partial charge in [0.05, 0.1) is 31.2 Å². The van der Waals surface area contributed by atoms with Gasteiger partial charge in [0.2, 0.25) is 0 Å². The van der Waals surface area contributed by atoms with E-state index >= 15 is 0 Å². The van der Waals surface area contributed by atoms with Crippen molar-refractivity contribution in [2.45, 2.75) is 44.7 Å². The number of aliphatic hydroxyl groups is 1. The Labute approximate surface area is 153 Å². The number of hydrogen-bond donors (Lipinski definition) is 2. The quantitative estimate of drug-likeness (QED) is 0.864. The van der Waals surface area contributed by atoms with Crippen LogP contribution in [-0.2, 0) is 0 Å². The molecule has 0 radical (unpaired) electrons. The van der Waals surface area contributed by atoms with Crippen molar-refractivity contribution in [3.8, 4) is 17.0 Å². The topological polar surface area (TPSA) is 78.5 Å². The van der Waals surface area contributed by atoms with Crippen molar-refractivity contribution >= 4 is 5.91 Å². The Hall–Kier alpha value is -2.34. The fourth-order valence-corrected chi connectivity index (χ4v) is 4.84. The molecule has 0 spiro atoms. The average Bonchev–Trinajstić information content (AvgIpc) is 3.40. The van der Waals surface area contributed by atoms with Gasteiger partial charge in [-0.15, -0.1) is 0 Å². The zero-order valence-electron chi connectivity index (χ0n) is 15.2. The van der Waals surface area contributed by atoms with E-state index < -0.39 is 0 Å². The summed E-state index contributed by atoms with van der Waals surface area (Å²) in [4.78, 5) is 15.4. The number of nitrogens with zero attached hydrogens (tertiary/aromatic N) is 2. The second kappa shape index (κ2) is 6.43. The van der Waals surface area contributed by atoms with Gasteiger partial charge in [-0.3, -0.25) is 9.89 Å². The van der Waals surface area contributed by atoms with E-state index in [9.17, 15) is 9.90 Å². The number of amides is 1. The molecule has 6 heteroatoms. The summed E-state index contributed by atoms with van der Waals surface area (Å²) in [7, 11) is 1.62. The first-order chi connectivity index (χ1) is 12.6. The third-order valence-corrected chi connectivity index (χ3v) is 6.33. The number of H-pyrrole nitrogens is 1. The van der Waals surface area contributed by atoms with Gasteiger partial charge in [-0.2, -0.15) is 5.10 Å². The van der Waals surface area contributed by atoms with Crippen LogP contribution in [0.5, 0.6) is 5.75 Å². The number of aromatic nitrogens is 2. The second-order valence-electron chi connectivity index (χ2n) is 7.43. The molecule has 0 saturated carbocycles. The highest BCUT2D eigenvalue weighted by Crippen LogP contribution is 2.52. The molecule has 0 aliphatic carbocycles. The van der Waals surface area contributed by atoms with E-state index in [0.717, 1.165) is 37.0 Å². The molecular formula is C20H25N3O3. The Morgan fingerprint density at radius 1 is 1.46 bits per heavy atom. The molecule has 2 bridgehead atoms. The van der Waals surface area contributed by atoms with Crippen LogP contribution in [0.2, 0.25) is 0 Å². The molecule has 0 unspecified atom stereocenters. The summed E-state index contributed by atoms with van der Waals surface area (Å²) >= 11 is 0. The van der Waals surface area contributed by atoms with Gasteiger partial charge in [0.25, 0.3) is 5.91 Å². The number of aromatic amines is 1. The molecule has 2 aliphatic rings. The SMILES string of the molecule is CC[C@]1(CO)C[C@H]2CC[C@@H]1N2C(=O)c1cn[nH]c1-c1cccc(OC)c1. The largest absolute Gasteiger partial charge is 0.497 e. The van der Waals surface area contributed by atoms with Crippen molar-refractivity contribution < 1.29 is 14.6 Å². The Kier molecular flexibility index (Phi) is 4.23. The standard InChI is InChI=1S/C20H25N3O3/c1-3-20(12-24)10-14-7-8-17(20)23(14)19(25)16-11-21-22-18(16)13-5-4-6-15(9-13)26-2/h4-6,9,11,14,17,24H,3,7-8,10,12H2,1-2H3,(H,21,22)/t14-,17+,20-/m1/s1. The van der Waals surface area contributed by atoms with Crippen LogP contribution in [-0.4, -0.2) is 51.9 Å². The highest BCUT2D eigenvalue weighted by molar-refractivity contribution is 6.00. The van der Waals surface area contributed by atoms with Gasteiger partial charge in [0.15, 0.2) is 0 Å². The number of hydrogen-bond acceptors (Lipinski definition) is 4. The van der Waals surface area contributed by atoms with Gasteiger partial charge >= 0.3 is 0 Å². The Balaban J connectivity index is 1.68. The molecular weight excluding hydrogens is 330 g/mol. The Bertz CT molecular complexity index is 812. The Morgan fingerprint density at radius 3 is 3.00 bits per heavy atom. The lowest BCUT2D eigenvalue weighted by atomic mass is 9.72. The fourth-order valence-electron chi connectivity index (χ4n) is 4.84. The summed E-state index contributed by atoms with van der Waals surface area (Å²) in [5.41, 5.74) is 2.02. The summed E-state index contributed by atoms with van der Waals surface area (Å²) in [5.74, 6) is 0.745. The molecule has 2 fully saturated rings. The minimum Gasteiger partial charge on any atom is -0.497 e. The second-order valence-corrected chi connectivity index (χ2v) is 7.43. The predicted molar refractivity (Wildman–Crippen MR) is 98.0 cm³/mol. The molecule has 3 heterocycles. The van der Waals surface area contributed by atoms with E-state index in [0.29, 0.717) is 11.3 Å². The third kappa shape index (κ3) is 2.43. The number of carbonyl (C=O) groups is 1. The average molecular weight is 355 g/mol. The molecule has 1 aromatic heterocycles.